The van der Waals surface area contributed by atoms with E-state index in [2.05, 4.69) is 36.4 Å². The number of carbonyl (C=O) groups excluding carboxylic acids is 1. The van der Waals surface area contributed by atoms with Crippen LogP contribution in [0.15, 0.2) is 88.3 Å². The first-order chi connectivity index (χ1) is 16.8. The third-order valence-electron chi connectivity index (χ3n) is 5.55. The Labute approximate surface area is 220 Å². The molecule has 4 rings (SSSR count). The fourth-order valence-electron chi connectivity index (χ4n) is 3.84. The zero-order valence-electron chi connectivity index (χ0n) is 18.7. The van der Waals surface area contributed by atoms with Crippen LogP contribution in [0, 0.1) is 0 Å². The molecule has 10 heteroatoms. The smallest absolute Gasteiger partial charge is 0.324 e. The second-order valence-electron chi connectivity index (χ2n) is 7.99. The van der Waals surface area contributed by atoms with Gasteiger partial charge >= 0.3 is 7.60 Å². The molecule has 3 aromatic heterocycles. The molecule has 0 unspecified atom stereocenters. The molecule has 0 atom stereocenters. The molecule has 0 radical (unpaired) electrons. The second kappa shape index (κ2) is 11.1. The average Bonchev–Trinajstić information content (AvgIpc) is 3.12. The van der Waals surface area contributed by atoms with Crippen LogP contribution in [0.25, 0.3) is 28.2 Å². The maximum absolute atomic E-state index is 11.2. The quantitative estimate of drug-likeness (QED) is 0.162. The molecule has 0 aliphatic carbocycles. The Morgan fingerprint density at radius 1 is 0.800 bits per heavy atom. The SMILES string of the molecule is O=CCC[n+]1ccc(-c2c(Br)c(Br)c(-c3cc[n+](CCP(=O)(O)O)cc3)n2-c2ccccc2)cc1. The highest BCUT2D eigenvalue weighted by Crippen LogP contribution is 2.45. The summed E-state index contributed by atoms with van der Waals surface area (Å²) in [6.07, 6.45) is 8.75. The van der Waals surface area contributed by atoms with Crippen molar-refractivity contribution in [2.75, 3.05) is 6.16 Å². The van der Waals surface area contributed by atoms with Crippen molar-refractivity contribution in [3.8, 4) is 28.2 Å². The van der Waals surface area contributed by atoms with Gasteiger partial charge in [0.05, 0.1) is 26.8 Å². The molecule has 4 aromatic rings. The number of nitrogens with zero attached hydrogens (tertiary/aromatic N) is 3. The largest absolute Gasteiger partial charge is 0.331 e. The number of aryl methyl sites for hydroxylation is 2. The van der Waals surface area contributed by atoms with Crippen LogP contribution in [-0.2, 0) is 22.4 Å². The van der Waals surface area contributed by atoms with Gasteiger partial charge in [-0.1, -0.05) is 18.2 Å². The van der Waals surface area contributed by atoms with E-state index >= 15 is 0 Å². The molecule has 2 N–H and O–H groups in total. The highest BCUT2D eigenvalue weighted by atomic mass is 79.9. The molecular weight excluding hydrogens is 597 g/mol. The molecule has 0 saturated heterocycles. The summed E-state index contributed by atoms with van der Waals surface area (Å²) in [5.41, 5.74) is 4.84. The predicted octanol–water partition coefficient (Wildman–Crippen LogP) is 4.68. The first kappa shape index (κ1) is 25.7. The molecule has 0 spiro atoms. The van der Waals surface area contributed by atoms with Gasteiger partial charge in [0.1, 0.15) is 12.4 Å². The highest BCUT2D eigenvalue weighted by Gasteiger charge is 2.24. The number of benzene rings is 1. The van der Waals surface area contributed by atoms with E-state index in [4.69, 9.17) is 0 Å². The molecule has 35 heavy (non-hydrogen) atoms. The minimum absolute atomic E-state index is 0.211. The van der Waals surface area contributed by atoms with Gasteiger partial charge in [-0.15, -0.1) is 0 Å². The fraction of sp³-hybridized carbons (Fsp3) is 0.160. The van der Waals surface area contributed by atoms with Crippen molar-refractivity contribution in [2.45, 2.75) is 19.5 Å². The second-order valence-corrected chi connectivity index (χ2v) is 11.4. The van der Waals surface area contributed by atoms with E-state index in [-0.39, 0.29) is 12.7 Å². The van der Waals surface area contributed by atoms with Crippen molar-refractivity contribution in [3.05, 3.63) is 88.3 Å². The Morgan fingerprint density at radius 3 is 1.74 bits per heavy atom. The van der Waals surface area contributed by atoms with Crippen molar-refractivity contribution in [3.63, 3.8) is 0 Å². The number of para-hydroxylation sites is 1. The number of aromatic nitrogens is 3. The number of rotatable bonds is 9. The summed E-state index contributed by atoms with van der Waals surface area (Å²) in [5, 5.41) is 0. The molecule has 3 heterocycles. The summed E-state index contributed by atoms with van der Waals surface area (Å²) in [7, 11) is -4.06. The summed E-state index contributed by atoms with van der Waals surface area (Å²) in [6.45, 7) is 0.861. The lowest BCUT2D eigenvalue weighted by molar-refractivity contribution is -0.695. The molecule has 0 saturated carbocycles. The van der Waals surface area contributed by atoms with Crippen LogP contribution in [0.2, 0.25) is 0 Å². The number of hydrogen-bond donors (Lipinski definition) is 2. The van der Waals surface area contributed by atoms with Crippen LogP contribution >= 0.6 is 39.5 Å². The molecule has 180 valence electrons. The molecule has 1 aromatic carbocycles. The topological polar surface area (TPSA) is 87.3 Å². The van der Waals surface area contributed by atoms with Gasteiger partial charge in [-0.25, -0.2) is 9.13 Å². The minimum Gasteiger partial charge on any atom is -0.324 e. The summed E-state index contributed by atoms with van der Waals surface area (Å²) >= 11 is 7.58. The summed E-state index contributed by atoms with van der Waals surface area (Å²) in [4.78, 5) is 29.1. The van der Waals surface area contributed by atoms with Gasteiger partial charge in [0.2, 0.25) is 0 Å². The summed E-state index contributed by atoms with van der Waals surface area (Å²) in [6, 6.07) is 18.0. The zero-order chi connectivity index (χ0) is 25.0. The van der Waals surface area contributed by atoms with E-state index in [0.717, 1.165) is 43.4 Å². The molecule has 0 bridgehead atoms. The van der Waals surface area contributed by atoms with Crippen LogP contribution in [0.3, 0.4) is 0 Å². The van der Waals surface area contributed by atoms with Gasteiger partial charge in [0, 0.05) is 41.1 Å². The van der Waals surface area contributed by atoms with Crippen molar-refractivity contribution in [1.29, 1.82) is 0 Å². The number of pyridine rings is 2. The molecule has 0 aliphatic heterocycles. The summed E-state index contributed by atoms with van der Waals surface area (Å²) in [5.74, 6) is 0. The van der Waals surface area contributed by atoms with Gasteiger partial charge in [-0.3, -0.25) is 4.57 Å². The lowest BCUT2D eigenvalue weighted by Gasteiger charge is -2.14. The Hall–Kier alpha value is -2.42. The minimum atomic E-state index is -4.06. The third kappa shape index (κ3) is 6.05. The Morgan fingerprint density at radius 2 is 1.29 bits per heavy atom. The maximum atomic E-state index is 11.2. The number of halogens is 2. The zero-order valence-corrected chi connectivity index (χ0v) is 22.7. The molecule has 0 amide bonds. The first-order valence-corrected chi connectivity index (χ1v) is 14.3. The normalized spacial score (nSPS) is 11.5. The van der Waals surface area contributed by atoms with Gasteiger partial charge in [-0.2, -0.15) is 0 Å². The molecule has 7 nitrogen and oxygen atoms in total. The lowest BCUT2D eigenvalue weighted by atomic mass is 10.2. The standard InChI is InChI=1S/C25H22Br2N3O4P/c26-22-23(27)25(20-9-14-29(15-10-20)16-18-35(32,33)34)30(21-5-2-1-3-6-21)24(22)19-7-12-28(13-8-19)11-4-17-31/h1-3,5-10,12-15,17H,4,11,16,18H2/p+2. The van der Waals surface area contributed by atoms with Crippen LogP contribution in [0.5, 0.6) is 0 Å². The predicted molar refractivity (Wildman–Crippen MR) is 140 cm³/mol. The van der Waals surface area contributed by atoms with E-state index in [1.165, 1.54) is 0 Å². The number of carbonyl (C=O) groups is 1. The van der Waals surface area contributed by atoms with Crippen molar-refractivity contribution in [1.82, 2.24) is 4.57 Å². The molecule has 0 fully saturated rings. The fourth-order valence-corrected chi connectivity index (χ4v) is 5.52. The number of hydrogen-bond acceptors (Lipinski definition) is 2. The molecule has 0 aliphatic rings. The van der Waals surface area contributed by atoms with Crippen molar-refractivity contribution < 1.29 is 28.3 Å². The molecular formula is C25H24Br2N3O4P+2. The van der Waals surface area contributed by atoms with E-state index in [9.17, 15) is 19.1 Å². The summed E-state index contributed by atoms with van der Waals surface area (Å²) < 4.78 is 18.9. The van der Waals surface area contributed by atoms with Crippen molar-refractivity contribution >= 4 is 45.7 Å². The van der Waals surface area contributed by atoms with Crippen LogP contribution in [0.4, 0.5) is 0 Å². The van der Waals surface area contributed by atoms with E-state index in [0.29, 0.717) is 13.0 Å². The maximum Gasteiger partial charge on any atom is 0.331 e. The third-order valence-corrected chi connectivity index (χ3v) is 8.41. The lowest BCUT2D eigenvalue weighted by Crippen LogP contribution is -2.34. The van der Waals surface area contributed by atoms with E-state index in [1.54, 1.807) is 4.57 Å². The highest BCUT2D eigenvalue weighted by molar-refractivity contribution is 9.13. The average molecular weight is 621 g/mol. The van der Waals surface area contributed by atoms with Crippen LogP contribution in [-0.4, -0.2) is 26.8 Å². The Balaban J connectivity index is 1.81. The van der Waals surface area contributed by atoms with Crippen molar-refractivity contribution in [2.24, 2.45) is 0 Å². The van der Waals surface area contributed by atoms with E-state index < -0.39 is 7.60 Å². The number of aldehydes is 1. The Kier molecular flexibility index (Phi) is 8.14. The van der Waals surface area contributed by atoms with Gasteiger partial charge in [0.25, 0.3) is 0 Å². The van der Waals surface area contributed by atoms with Gasteiger partial charge in [0.15, 0.2) is 37.9 Å². The van der Waals surface area contributed by atoms with Gasteiger partial charge < -0.3 is 19.1 Å². The van der Waals surface area contributed by atoms with Gasteiger partial charge in [-0.05, 0) is 44.0 Å². The first-order valence-electron chi connectivity index (χ1n) is 10.9. The van der Waals surface area contributed by atoms with Crippen LogP contribution in [0.1, 0.15) is 6.42 Å². The monoisotopic (exact) mass is 619 g/mol. The van der Waals surface area contributed by atoms with E-state index in [1.807, 2.05) is 84.0 Å². The van der Waals surface area contributed by atoms with Crippen LogP contribution < -0.4 is 9.13 Å². The Bertz CT molecular complexity index is 1370.